The lowest BCUT2D eigenvalue weighted by Crippen LogP contribution is -2.35. The van der Waals surface area contributed by atoms with Crippen LogP contribution in [0.4, 0.5) is 0 Å². The molecule has 2 amide bonds. The average molecular weight is 288 g/mol. The summed E-state index contributed by atoms with van der Waals surface area (Å²) in [6.45, 7) is 3.97. The van der Waals surface area contributed by atoms with Crippen molar-refractivity contribution in [2.75, 3.05) is 19.6 Å². The van der Waals surface area contributed by atoms with Gasteiger partial charge in [0, 0.05) is 31.6 Å². The molecule has 0 bridgehead atoms. The van der Waals surface area contributed by atoms with Gasteiger partial charge in [0.15, 0.2) is 0 Å². The van der Waals surface area contributed by atoms with E-state index in [1.165, 1.54) is 0 Å². The van der Waals surface area contributed by atoms with Crippen LogP contribution in [0, 0.1) is 6.92 Å². The number of nitrogens with zero attached hydrogens (tertiary/aromatic N) is 1. The molecule has 0 radical (unpaired) electrons. The molecule has 0 saturated carbocycles. The van der Waals surface area contributed by atoms with E-state index >= 15 is 0 Å². The number of rotatable bonds is 1. The summed E-state index contributed by atoms with van der Waals surface area (Å²) in [5, 5.41) is 2.91. The Morgan fingerprint density at radius 3 is 2.76 bits per heavy atom. The Kier molecular flexibility index (Phi) is 5.78. The monoisotopic (exact) mass is 288 g/mol. The van der Waals surface area contributed by atoms with Crippen LogP contribution in [0.3, 0.4) is 0 Å². The van der Waals surface area contributed by atoms with Gasteiger partial charge in [-0.25, -0.2) is 0 Å². The first-order chi connectivity index (χ1) is 10.2. The third-order valence-electron chi connectivity index (χ3n) is 3.84. The minimum absolute atomic E-state index is 0.0331. The third-order valence-corrected chi connectivity index (χ3v) is 3.84. The molecular weight excluding hydrogens is 264 g/mol. The van der Waals surface area contributed by atoms with Crippen molar-refractivity contribution in [3.8, 4) is 0 Å². The number of amides is 2. The average Bonchev–Trinajstić information content (AvgIpc) is 2.52. The summed E-state index contributed by atoms with van der Waals surface area (Å²) in [5.74, 6) is 0.0738. The number of hydrogen-bond donors (Lipinski definition) is 1. The highest BCUT2D eigenvalue weighted by Crippen LogP contribution is 2.11. The highest BCUT2D eigenvalue weighted by molar-refractivity contribution is 5.94. The van der Waals surface area contributed by atoms with Crippen LogP contribution in [0.15, 0.2) is 24.3 Å². The molecule has 1 aromatic carbocycles. The number of benzene rings is 1. The SMILES string of the molecule is Cc1cccc(C(=O)N2CCCCCCNC(=O)CC2)c1. The van der Waals surface area contributed by atoms with Gasteiger partial charge < -0.3 is 10.2 Å². The van der Waals surface area contributed by atoms with Crippen molar-refractivity contribution in [1.82, 2.24) is 10.2 Å². The molecule has 0 unspecified atom stereocenters. The molecule has 114 valence electrons. The first-order valence-electron chi connectivity index (χ1n) is 7.79. The van der Waals surface area contributed by atoms with Crippen LogP contribution in [0.2, 0.25) is 0 Å². The maximum atomic E-state index is 12.6. The predicted octanol–water partition coefficient (Wildman–Crippen LogP) is 2.52. The second kappa shape index (κ2) is 7.81. The molecule has 1 N–H and O–H groups in total. The van der Waals surface area contributed by atoms with Crippen LogP contribution in [0.25, 0.3) is 0 Å². The summed E-state index contributed by atoms with van der Waals surface area (Å²) in [5.41, 5.74) is 1.79. The lowest BCUT2D eigenvalue weighted by atomic mass is 10.1. The number of carbonyl (C=O) groups is 2. The van der Waals surface area contributed by atoms with Gasteiger partial charge in [-0.15, -0.1) is 0 Å². The van der Waals surface area contributed by atoms with Crippen molar-refractivity contribution in [2.45, 2.75) is 39.0 Å². The lowest BCUT2D eigenvalue weighted by molar-refractivity contribution is -0.121. The van der Waals surface area contributed by atoms with Crippen molar-refractivity contribution in [2.24, 2.45) is 0 Å². The van der Waals surface area contributed by atoms with Crippen LogP contribution < -0.4 is 5.32 Å². The number of carbonyl (C=O) groups excluding carboxylic acids is 2. The molecule has 0 spiro atoms. The van der Waals surface area contributed by atoms with Gasteiger partial charge in [0.25, 0.3) is 5.91 Å². The first kappa shape index (κ1) is 15.5. The van der Waals surface area contributed by atoms with Gasteiger partial charge in [-0.1, -0.05) is 30.5 Å². The summed E-state index contributed by atoms with van der Waals surface area (Å²) in [7, 11) is 0. The Labute approximate surface area is 126 Å². The van der Waals surface area contributed by atoms with Crippen molar-refractivity contribution >= 4 is 11.8 Å². The van der Waals surface area contributed by atoms with Crippen LogP contribution >= 0.6 is 0 Å². The van der Waals surface area contributed by atoms with E-state index in [2.05, 4.69) is 5.32 Å². The summed E-state index contributed by atoms with van der Waals surface area (Å²) < 4.78 is 0. The Balaban J connectivity index is 2.06. The molecule has 1 saturated heterocycles. The molecule has 1 heterocycles. The van der Waals surface area contributed by atoms with E-state index in [0.29, 0.717) is 18.5 Å². The van der Waals surface area contributed by atoms with E-state index in [1.807, 2.05) is 36.1 Å². The molecule has 2 rings (SSSR count). The minimum atomic E-state index is 0.0331. The fourth-order valence-corrected chi connectivity index (χ4v) is 2.61. The van der Waals surface area contributed by atoms with Crippen molar-refractivity contribution < 1.29 is 9.59 Å². The van der Waals surface area contributed by atoms with Gasteiger partial charge in [-0.2, -0.15) is 0 Å². The molecule has 0 aliphatic carbocycles. The first-order valence-corrected chi connectivity index (χ1v) is 7.79. The van der Waals surface area contributed by atoms with Crippen molar-refractivity contribution in [3.05, 3.63) is 35.4 Å². The zero-order chi connectivity index (χ0) is 15.1. The molecule has 1 aliphatic rings. The van der Waals surface area contributed by atoms with E-state index in [0.717, 1.165) is 44.3 Å². The highest BCUT2D eigenvalue weighted by Gasteiger charge is 2.17. The Morgan fingerprint density at radius 1 is 1.14 bits per heavy atom. The number of aryl methyl sites for hydroxylation is 1. The minimum Gasteiger partial charge on any atom is -0.356 e. The second-order valence-electron chi connectivity index (χ2n) is 5.68. The predicted molar refractivity (Wildman–Crippen MR) is 83.2 cm³/mol. The topological polar surface area (TPSA) is 49.4 Å². The second-order valence-corrected chi connectivity index (χ2v) is 5.68. The summed E-state index contributed by atoms with van der Waals surface area (Å²) >= 11 is 0. The molecular formula is C17H24N2O2. The van der Waals surface area contributed by atoms with Crippen LogP contribution in [-0.4, -0.2) is 36.3 Å². The largest absolute Gasteiger partial charge is 0.356 e. The van der Waals surface area contributed by atoms with Crippen molar-refractivity contribution in [1.29, 1.82) is 0 Å². The highest BCUT2D eigenvalue weighted by atomic mass is 16.2. The van der Waals surface area contributed by atoms with Gasteiger partial charge in [-0.05, 0) is 31.9 Å². The normalized spacial score (nSPS) is 17.8. The third kappa shape index (κ3) is 4.88. The molecule has 4 heteroatoms. The van der Waals surface area contributed by atoms with Gasteiger partial charge in [0.05, 0.1) is 0 Å². The van der Waals surface area contributed by atoms with E-state index in [9.17, 15) is 9.59 Å². The van der Waals surface area contributed by atoms with Crippen LogP contribution in [-0.2, 0) is 4.79 Å². The van der Waals surface area contributed by atoms with Gasteiger partial charge in [0.1, 0.15) is 0 Å². The maximum Gasteiger partial charge on any atom is 0.253 e. The van der Waals surface area contributed by atoms with Crippen molar-refractivity contribution in [3.63, 3.8) is 0 Å². The number of nitrogens with one attached hydrogen (secondary N) is 1. The molecule has 21 heavy (non-hydrogen) atoms. The molecule has 1 aromatic rings. The fourth-order valence-electron chi connectivity index (χ4n) is 2.61. The zero-order valence-electron chi connectivity index (χ0n) is 12.7. The molecule has 0 aromatic heterocycles. The molecule has 4 nitrogen and oxygen atoms in total. The zero-order valence-corrected chi connectivity index (χ0v) is 12.7. The molecule has 1 fully saturated rings. The van der Waals surface area contributed by atoms with Crippen LogP contribution in [0.1, 0.15) is 48.0 Å². The van der Waals surface area contributed by atoms with E-state index in [1.54, 1.807) is 0 Å². The molecule has 1 aliphatic heterocycles. The quantitative estimate of drug-likeness (QED) is 0.863. The summed E-state index contributed by atoms with van der Waals surface area (Å²) in [4.78, 5) is 26.1. The molecule has 0 atom stereocenters. The lowest BCUT2D eigenvalue weighted by Gasteiger charge is -2.22. The Hall–Kier alpha value is -1.84. The Morgan fingerprint density at radius 2 is 1.95 bits per heavy atom. The summed E-state index contributed by atoms with van der Waals surface area (Å²) in [6, 6.07) is 7.65. The standard InChI is InChI=1S/C17H24N2O2/c1-14-7-6-8-15(13-14)17(21)19-11-5-3-2-4-10-18-16(20)9-12-19/h6-8,13H,2-5,9-12H2,1H3,(H,18,20). The van der Waals surface area contributed by atoms with Gasteiger partial charge in [-0.3, -0.25) is 9.59 Å². The Bertz CT molecular complexity index is 499. The van der Waals surface area contributed by atoms with E-state index in [4.69, 9.17) is 0 Å². The van der Waals surface area contributed by atoms with Gasteiger partial charge >= 0.3 is 0 Å². The van der Waals surface area contributed by atoms with E-state index in [-0.39, 0.29) is 11.8 Å². The smallest absolute Gasteiger partial charge is 0.253 e. The maximum absolute atomic E-state index is 12.6. The van der Waals surface area contributed by atoms with Gasteiger partial charge in [0.2, 0.25) is 5.91 Å². The fraction of sp³-hybridized carbons (Fsp3) is 0.529. The van der Waals surface area contributed by atoms with Crippen LogP contribution in [0.5, 0.6) is 0 Å². The number of hydrogen-bond acceptors (Lipinski definition) is 2. The van der Waals surface area contributed by atoms with E-state index < -0.39 is 0 Å². The summed E-state index contributed by atoms with van der Waals surface area (Å²) in [6.07, 6.45) is 4.63.